The summed E-state index contributed by atoms with van der Waals surface area (Å²) >= 11 is 4.08. The van der Waals surface area contributed by atoms with Gasteiger partial charge in [-0.1, -0.05) is 6.92 Å². The summed E-state index contributed by atoms with van der Waals surface area (Å²) in [6, 6.07) is 2.02. The van der Waals surface area contributed by atoms with Gasteiger partial charge in [-0.3, -0.25) is 0 Å². The zero-order valence-electron chi connectivity index (χ0n) is 11.3. The first-order valence-corrected chi connectivity index (χ1v) is 8.67. The Morgan fingerprint density at radius 1 is 1.28 bits per heavy atom. The maximum Gasteiger partial charge on any atom is 0.145 e. The van der Waals surface area contributed by atoms with Crippen LogP contribution < -0.4 is 5.32 Å². The van der Waals surface area contributed by atoms with Crippen LogP contribution in [0.5, 0.6) is 0 Å². The van der Waals surface area contributed by atoms with Gasteiger partial charge in [-0.05, 0) is 20.3 Å². The van der Waals surface area contributed by atoms with Gasteiger partial charge in [0, 0.05) is 35.1 Å². The van der Waals surface area contributed by atoms with Gasteiger partial charge in [-0.15, -0.1) is 11.8 Å². The number of hydrogen-bond acceptors (Lipinski definition) is 5. The lowest BCUT2D eigenvalue weighted by atomic mass is 10.2. The molecule has 1 aliphatic rings. The molecule has 1 saturated heterocycles. The van der Waals surface area contributed by atoms with E-state index in [1.807, 2.05) is 24.8 Å². The van der Waals surface area contributed by atoms with E-state index in [1.54, 1.807) is 0 Å². The van der Waals surface area contributed by atoms with Crippen LogP contribution in [0.25, 0.3) is 0 Å². The quantitative estimate of drug-likeness (QED) is 0.915. The van der Waals surface area contributed by atoms with Crippen LogP contribution in [-0.4, -0.2) is 33.3 Å². The van der Waals surface area contributed by atoms with E-state index in [0.29, 0.717) is 10.5 Å². The fourth-order valence-corrected chi connectivity index (χ4v) is 5.12. The molecule has 0 amide bonds. The first-order chi connectivity index (χ1) is 8.74. The number of aryl methyl sites for hydroxylation is 1. The van der Waals surface area contributed by atoms with Crippen LogP contribution in [0.2, 0.25) is 0 Å². The zero-order valence-corrected chi connectivity index (χ0v) is 12.9. The Kier molecular flexibility index (Phi) is 5.18. The molecule has 2 rings (SSSR count). The molecule has 18 heavy (non-hydrogen) atoms. The minimum atomic E-state index is 0.450. The molecule has 0 aliphatic carbocycles. The molecular weight excluding hydrogens is 262 g/mol. The zero-order chi connectivity index (χ0) is 13.0. The first kappa shape index (κ1) is 14.0. The lowest BCUT2D eigenvalue weighted by molar-refractivity contribution is 0.745. The van der Waals surface area contributed by atoms with Gasteiger partial charge in [-0.25, -0.2) is 9.97 Å². The summed E-state index contributed by atoms with van der Waals surface area (Å²) in [7, 11) is 0. The number of anilines is 1. The second-order valence-corrected chi connectivity index (χ2v) is 6.99. The molecule has 100 valence electrons. The standard InChI is InChI=1S/C13H21N3S2/c1-4-10-12(18-7-6-17-10)13-15-9(3)8-11(16-13)14-5-2/h8,10,12H,4-7H2,1-3H3,(H,14,15,16). The topological polar surface area (TPSA) is 37.8 Å². The van der Waals surface area contributed by atoms with E-state index in [0.717, 1.165) is 23.9 Å². The van der Waals surface area contributed by atoms with Crippen LogP contribution in [0.15, 0.2) is 6.07 Å². The van der Waals surface area contributed by atoms with Gasteiger partial charge < -0.3 is 5.32 Å². The molecule has 1 N–H and O–H groups in total. The Hall–Kier alpha value is -0.420. The third-order valence-electron chi connectivity index (χ3n) is 2.94. The van der Waals surface area contributed by atoms with E-state index < -0.39 is 0 Å². The van der Waals surface area contributed by atoms with E-state index in [9.17, 15) is 0 Å². The van der Waals surface area contributed by atoms with Gasteiger partial charge >= 0.3 is 0 Å². The maximum absolute atomic E-state index is 4.69. The number of hydrogen-bond donors (Lipinski definition) is 1. The van der Waals surface area contributed by atoms with Crippen molar-refractivity contribution in [1.29, 1.82) is 0 Å². The van der Waals surface area contributed by atoms with Gasteiger partial charge in [-0.2, -0.15) is 11.8 Å². The van der Waals surface area contributed by atoms with E-state index in [2.05, 4.69) is 40.9 Å². The Morgan fingerprint density at radius 2 is 2.06 bits per heavy atom. The van der Waals surface area contributed by atoms with Crippen LogP contribution in [0.4, 0.5) is 5.82 Å². The van der Waals surface area contributed by atoms with Gasteiger partial charge in [0.05, 0.1) is 5.25 Å². The molecule has 1 aliphatic heterocycles. The third kappa shape index (κ3) is 3.32. The summed E-state index contributed by atoms with van der Waals surface area (Å²) in [4.78, 5) is 9.34. The highest BCUT2D eigenvalue weighted by molar-refractivity contribution is 8.06. The highest BCUT2D eigenvalue weighted by Crippen LogP contribution is 2.42. The minimum absolute atomic E-state index is 0.450. The highest BCUT2D eigenvalue weighted by atomic mass is 32.2. The number of thioether (sulfide) groups is 2. The molecule has 3 nitrogen and oxygen atoms in total. The van der Waals surface area contributed by atoms with E-state index in [-0.39, 0.29) is 0 Å². The Labute approximate surface area is 118 Å². The van der Waals surface area contributed by atoms with Crippen molar-refractivity contribution >= 4 is 29.3 Å². The smallest absolute Gasteiger partial charge is 0.145 e. The molecule has 5 heteroatoms. The second kappa shape index (κ2) is 6.66. The summed E-state index contributed by atoms with van der Waals surface area (Å²) in [6.07, 6.45) is 1.19. The van der Waals surface area contributed by atoms with Crippen molar-refractivity contribution in [2.45, 2.75) is 37.7 Å². The Bertz CT molecular complexity index is 398. The van der Waals surface area contributed by atoms with Crippen molar-refractivity contribution in [1.82, 2.24) is 9.97 Å². The minimum Gasteiger partial charge on any atom is -0.370 e. The lowest BCUT2D eigenvalue weighted by Crippen LogP contribution is -2.21. The predicted octanol–water partition coefficient (Wildman–Crippen LogP) is 3.52. The molecule has 0 bridgehead atoms. The molecule has 1 aromatic heterocycles. The third-order valence-corrected chi connectivity index (χ3v) is 6.18. The fraction of sp³-hybridized carbons (Fsp3) is 0.692. The molecule has 1 aromatic rings. The fourth-order valence-electron chi connectivity index (χ4n) is 2.13. The van der Waals surface area contributed by atoms with Crippen LogP contribution >= 0.6 is 23.5 Å². The van der Waals surface area contributed by atoms with Crippen molar-refractivity contribution in [3.63, 3.8) is 0 Å². The summed E-state index contributed by atoms with van der Waals surface area (Å²) in [5.74, 6) is 4.44. The SMILES string of the molecule is CCNc1cc(C)nc(C2SCCSC2CC)n1. The van der Waals surface area contributed by atoms with Gasteiger partial charge in [0.15, 0.2) is 0 Å². The summed E-state index contributed by atoms with van der Waals surface area (Å²) in [5, 5.41) is 4.40. The van der Waals surface area contributed by atoms with Crippen molar-refractivity contribution in [2.75, 3.05) is 23.4 Å². The van der Waals surface area contributed by atoms with Crippen LogP contribution in [-0.2, 0) is 0 Å². The number of nitrogens with one attached hydrogen (secondary N) is 1. The van der Waals surface area contributed by atoms with Crippen molar-refractivity contribution < 1.29 is 0 Å². The van der Waals surface area contributed by atoms with Crippen molar-refractivity contribution in [2.24, 2.45) is 0 Å². The normalized spacial score (nSPS) is 23.9. The maximum atomic E-state index is 4.69. The molecule has 0 saturated carbocycles. The highest BCUT2D eigenvalue weighted by Gasteiger charge is 2.28. The molecule has 2 heterocycles. The monoisotopic (exact) mass is 283 g/mol. The van der Waals surface area contributed by atoms with Gasteiger partial charge in [0.2, 0.25) is 0 Å². The molecule has 2 atom stereocenters. The van der Waals surface area contributed by atoms with Gasteiger partial charge in [0.1, 0.15) is 11.6 Å². The van der Waals surface area contributed by atoms with Crippen molar-refractivity contribution in [3.8, 4) is 0 Å². The molecule has 0 spiro atoms. The molecular formula is C13H21N3S2. The summed E-state index contributed by atoms with van der Waals surface area (Å²) in [6.45, 7) is 7.31. The van der Waals surface area contributed by atoms with E-state index in [4.69, 9.17) is 0 Å². The Morgan fingerprint density at radius 3 is 2.78 bits per heavy atom. The largest absolute Gasteiger partial charge is 0.370 e. The van der Waals surface area contributed by atoms with Gasteiger partial charge in [0.25, 0.3) is 0 Å². The second-order valence-electron chi connectivity index (χ2n) is 4.39. The summed E-state index contributed by atoms with van der Waals surface area (Å²) in [5.41, 5.74) is 1.06. The first-order valence-electron chi connectivity index (χ1n) is 6.57. The molecule has 2 unspecified atom stereocenters. The van der Waals surface area contributed by atoms with Crippen LogP contribution in [0.1, 0.15) is 37.0 Å². The Balaban J connectivity index is 2.24. The predicted molar refractivity (Wildman–Crippen MR) is 82.7 cm³/mol. The van der Waals surface area contributed by atoms with Crippen LogP contribution in [0.3, 0.4) is 0 Å². The number of nitrogens with zero attached hydrogens (tertiary/aromatic N) is 2. The molecule has 1 fully saturated rings. The average Bonchev–Trinajstić information content (AvgIpc) is 2.38. The number of rotatable bonds is 4. The lowest BCUT2D eigenvalue weighted by Gasteiger charge is -2.29. The van der Waals surface area contributed by atoms with E-state index >= 15 is 0 Å². The summed E-state index contributed by atoms with van der Waals surface area (Å²) < 4.78 is 0. The van der Waals surface area contributed by atoms with E-state index in [1.165, 1.54) is 17.9 Å². The number of aromatic nitrogens is 2. The van der Waals surface area contributed by atoms with Crippen molar-refractivity contribution in [3.05, 3.63) is 17.6 Å². The molecule has 0 radical (unpaired) electrons. The molecule has 0 aromatic carbocycles. The van der Waals surface area contributed by atoms with Crippen LogP contribution in [0, 0.1) is 6.92 Å². The average molecular weight is 283 g/mol.